The van der Waals surface area contributed by atoms with Crippen LogP contribution in [0.4, 0.5) is 5.95 Å². The minimum absolute atomic E-state index is 0.867. The quantitative estimate of drug-likeness (QED) is 0.672. The fraction of sp³-hybridized carbons (Fsp3) is 0.167. The summed E-state index contributed by atoms with van der Waals surface area (Å²) in [6, 6.07) is 8.07. The third-order valence-electron chi connectivity index (χ3n) is 2.86. The van der Waals surface area contributed by atoms with Crippen molar-refractivity contribution in [3.63, 3.8) is 0 Å². The van der Waals surface area contributed by atoms with E-state index in [1.807, 2.05) is 30.8 Å². The van der Waals surface area contributed by atoms with Gasteiger partial charge in [-0.1, -0.05) is 0 Å². The molecule has 2 heterocycles. The summed E-state index contributed by atoms with van der Waals surface area (Å²) in [7, 11) is 3.88. The maximum Gasteiger partial charge on any atom is 0.203 e. The van der Waals surface area contributed by atoms with E-state index < -0.39 is 0 Å². The van der Waals surface area contributed by atoms with E-state index in [0.29, 0.717) is 0 Å². The molecule has 0 aliphatic heterocycles. The lowest BCUT2D eigenvalue weighted by Gasteiger charge is -2.00. The molecule has 0 amide bonds. The zero-order chi connectivity index (χ0) is 11.1. The maximum absolute atomic E-state index is 4.57. The Morgan fingerprint density at radius 1 is 1.25 bits per heavy atom. The van der Waals surface area contributed by atoms with Crippen LogP contribution in [0, 0.1) is 0 Å². The number of nitrogens with one attached hydrogen (secondary N) is 1. The average molecular weight is 212 g/mol. The smallest absolute Gasteiger partial charge is 0.203 e. The molecule has 0 unspecified atom stereocenters. The average Bonchev–Trinajstić information content (AvgIpc) is 2.67. The number of imidazole rings is 1. The number of fused-ring (bicyclic) bond motifs is 3. The molecule has 0 spiro atoms. The molecule has 3 aromatic rings. The molecule has 2 aromatic heterocycles. The highest BCUT2D eigenvalue weighted by molar-refractivity contribution is 6.03. The monoisotopic (exact) mass is 212 g/mol. The number of hydrogen-bond donors (Lipinski definition) is 1. The summed E-state index contributed by atoms with van der Waals surface area (Å²) in [6.45, 7) is 0. The summed E-state index contributed by atoms with van der Waals surface area (Å²) in [4.78, 5) is 8.90. The molecule has 0 fully saturated rings. The Labute approximate surface area is 92.9 Å². The van der Waals surface area contributed by atoms with Gasteiger partial charge in [-0.2, -0.15) is 0 Å². The molecule has 0 saturated carbocycles. The second-order valence-electron chi connectivity index (χ2n) is 3.75. The molecule has 4 heteroatoms. The van der Waals surface area contributed by atoms with E-state index in [1.54, 1.807) is 6.20 Å². The highest BCUT2D eigenvalue weighted by Crippen LogP contribution is 2.25. The predicted molar refractivity (Wildman–Crippen MR) is 65.6 cm³/mol. The molecule has 0 bridgehead atoms. The number of aromatic nitrogens is 3. The molecule has 0 radical (unpaired) electrons. The summed E-state index contributed by atoms with van der Waals surface area (Å²) in [6.07, 6.45) is 1.80. The number of benzene rings is 1. The lowest BCUT2D eigenvalue weighted by atomic mass is 10.2. The molecule has 3 rings (SSSR count). The molecular weight excluding hydrogens is 200 g/mol. The van der Waals surface area contributed by atoms with Crippen molar-refractivity contribution < 1.29 is 0 Å². The first kappa shape index (κ1) is 9.15. The van der Waals surface area contributed by atoms with E-state index in [-0.39, 0.29) is 0 Å². The summed E-state index contributed by atoms with van der Waals surface area (Å²) >= 11 is 0. The Balaban J connectivity index is 2.51. The summed E-state index contributed by atoms with van der Waals surface area (Å²) in [5.41, 5.74) is 3.10. The zero-order valence-electron chi connectivity index (χ0n) is 9.23. The Morgan fingerprint density at radius 3 is 2.94 bits per heavy atom. The molecule has 1 aromatic carbocycles. The van der Waals surface area contributed by atoms with Gasteiger partial charge in [0.15, 0.2) is 0 Å². The van der Waals surface area contributed by atoms with Crippen molar-refractivity contribution in [3.8, 4) is 0 Å². The molecule has 0 atom stereocenters. The molecule has 4 nitrogen and oxygen atoms in total. The number of aryl methyl sites for hydroxylation is 1. The fourth-order valence-corrected chi connectivity index (χ4v) is 2.03. The molecule has 0 saturated heterocycles. The minimum atomic E-state index is 0.867. The SMILES string of the molecule is CNc1nc2c3cccnc3ccc2n1C. The first-order valence-corrected chi connectivity index (χ1v) is 5.19. The number of anilines is 1. The number of pyridine rings is 1. The third-order valence-corrected chi connectivity index (χ3v) is 2.86. The van der Waals surface area contributed by atoms with Gasteiger partial charge in [-0.05, 0) is 24.3 Å². The predicted octanol–water partition coefficient (Wildman–Crippen LogP) is 2.16. The van der Waals surface area contributed by atoms with E-state index in [2.05, 4.69) is 27.4 Å². The summed E-state index contributed by atoms with van der Waals surface area (Å²) in [5, 5.41) is 4.18. The van der Waals surface area contributed by atoms with Crippen molar-refractivity contribution in [1.82, 2.24) is 14.5 Å². The van der Waals surface area contributed by atoms with Crippen molar-refractivity contribution in [2.24, 2.45) is 7.05 Å². The van der Waals surface area contributed by atoms with E-state index in [4.69, 9.17) is 0 Å². The van der Waals surface area contributed by atoms with Crippen LogP contribution < -0.4 is 5.32 Å². The Bertz CT molecular complexity index is 669. The van der Waals surface area contributed by atoms with E-state index in [1.165, 1.54) is 0 Å². The first-order chi connectivity index (χ1) is 7.81. The fourth-order valence-electron chi connectivity index (χ4n) is 2.03. The third kappa shape index (κ3) is 1.10. The molecule has 80 valence electrons. The maximum atomic E-state index is 4.57. The van der Waals surface area contributed by atoms with E-state index >= 15 is 0 Å². The van der Waals surface area contributed by atoms with Gasteiger partial charge < -0.3 is 9.88 Å². The number of hydrogen-bond acceptors (Lipinski definition) is 3. The Hall–Kier alpha value is -2.10. The summed E-state index contributed by atoms with van der Waals surface area (Å²) in [5.74, 6) is 0.867. The van der Waals surface area contributed by atoms with Gasteiger partial charge in [-0.25, -0.2) is 4.98 Å². The minimum Gasteiger partial charge on any atom is -0.359 e. The zero-order valence-corrected chi connectivity index (χ0v) is 9.23. The molecule has 0 aliphatic rings. The Morgan fingerprint density at radius 2 is 2.12 bits per heavy atom. The topological polar surface area (TPSA) is 42.7 Å². The van der Waals surface area contributed by atoms with Crippen LogP contribution in [0.2, 0.25) is 0 Å². The molecular formula is C12H12N4. The van der Waals surface area contributed by atoms with Gasteiger partial charge in [0.1, 0.15) is 5.52 Å². The van der Waals surface area contributed by atoms with Crippen LogP contribution >= 0.6 is 0 Å². The van der Waals surface area contributed by atoms with Gasteiger partial charge in [0.2, 0.25) is 5.95 Å². The van der Waals surface area contributed by atoms with E-state index in [0.717, 1.165) is 27.9 Å². The van der Waals surface area contributed by atoms with Crippen molar-refractivity contribution >= 4 is 27.9 Å². The van der Waals surface area contributed by atoms with Crippen LogP contribution in [0.3, 0.4) is 0 Å². The molecule has 1 N–H and O–H groups in total. The molecule has 0 aliphatic carbocycles. The Kier molecular flexibility index (Phi) is 1.83. The lowest BCUT2D eigenvalue weighted by Crippen LogP contribution is -1.97. The lowest BCUT2D eigenvalue weighted by molar-refractivity contribution is 0.952. The van der Waals surface area contributed by atoms with Crippen LogP contribution in [-0.4, -0.2) is 21.6 Å². The summed E-state index contributed by atoms with van der Waals surface area (Å²) < 4.78 is 2.04. The first-order valence-electron chi connectivity index (χ1n) is 5.19. The van der Waals surface area contributed by atoms with Crippen LogP contribution in [0.25, 0.3) is 21.9 Å². The standard InChI is InChI=1S/C12H12N4/c1-13-12-15-11-8-4-3-7-14-9(8)5-6-10(11)16(12)2/h3-7H,1-2H3,(H,13,15). The van der Waals surface area contributed by atoms with Gasteiger partial charge in [0, 0.05) is 25.7 Å². The number of rotatable bonds is 1. The van der Waals surface area contributed by atoms with Crippen LogP contribution in [0.1, 0.15) is 0 Å². The second kappa shape index (κ2) is 3.20. The highest BCUT2D eigenvalue weighted by atomic mass is 15.2. The van der Waals surface area contributed by atoms with Gasteiger partial charge in [0.25, 0.3) is 0 Å². The largest absolute Gasteiger partial charge is 0.359 e. The van der Waals surface area contributed by atoms with Gasteiger partial charge in [-0.15, -0.1) is 0 Å². The van der Waals surface area contributed by atoms with Crippen LogP contribution in [-0.2, 0) is 7.05 Å². The van der Waals surface area contributed by atoms with Gasteiger partial charge >= 0.3 is 0 Å². The van der Waals surface area contributed by atoms with Crippen LogP contribution in [0.5, 0.6) is 0 Å². The van der Waals surface area contributed by atoms with E-state index in [9.17, 15) is 0 Å². The highest BCUT2D eigenvalue weighted by Gasteiger charge is 2.09. The van der Waals surface area contributed by atoms with Gasteiger partial charge in [0.05, 0.1) is 11.0 Å². The van der Waals surface area contributed by atoms with Crippen LogP contribution in [0.15, 0.2) is 30.5 Å². The van der Waals surface area contributed by atoms with Crippen molar-refractivity contribution in [2.75, 3.05) is 12.4 Å². The van der Waals surface area contributed by atoms with Crippen molar-refractivity contribution in [1.29, 1.82) is 0 Å². The van der Waals surface area contributed by atoms with Crippen molar-refractivity contribution in [2.45, 2.75) is 0 Å². The van der Waals surface area contributed by atoms with Gasteiger partial charge in [-0.3, -0.25) is 4.98 Å². The van der Waals surface area contributed by atoms with Crippen molar-refractivity contribution in [3.05, 3.63) is 30.5 Å². The number of nitrogens with zero attached hydrogens (tertiary/aromatic N) is 3. The normalized spacial score (nSPS) is 11.1. The molecule has 16 heavy (non-hydrogen) atoms. The second-order valence-corrected chi connectivity index (χ2v) is 3.75.